The Labute approximate surface area is 245 Å². The van der Waals surface area contributed by atoms with E-state index < -0.39 is 35.6 Å². The summed E-state index contributed by atoms with van der Waals surface area (Å²) >= 11 is 0. The fourth-order valence-electron chi connectivity index (χ4n) is 6.14. The van der Waals surface area contributed by atoms with Crippen LogP contribution in [0.1, 0.15) is 78.0 Å². The molecule has 1 saturated carbocycles. The zero-order valence-corrected chi connectivity index (χ0v) is 23.2. The normalized spacial score (nSPS) is 18.8. The van der Waals surface area contributed by atoms with Crippen LogP contribution in [0.15, 0.2) is 67.0 Å². The van der Waals surface area contributed by atoms with E-state index in [0.29, 0.717) is 42.6 Å². The van der Waals surface area contributed by atoms with Crippen LogP contribution in [0, 0.1) is 5.92 Å². The van der Waals surface area contributed by atoms with Crippen LogP contribution in [-0.2, 0) is 17.1 Å². The van der Waals surface area contributed by atoms with Crippen molar-refractivity contribution in [2.45, 2.75) is 69.4 Å². The minimum atomic E-state index is -4.98. The highest BCUT2D eigenvalue weighted by Crippen LogP contribution is 2.40. The molecular weight excluding hydrogens is 572 g/mol. The first-order chi connectivity index (χ1) is 20.4. The van der Waals surface area contributed by atoms with E-state index in [-0.39, 0.29) is 34.9 Å². The molecule has 5 nitrogen and oxygen atoms in total. The van der Waals surface area contributed by atoms with Gasteiger partial charge in [-0.2, -0.15) is 26.3 Å². The molecule has 5 rings (SSSR count). The highest BCUT2D eigenvalue weighted by molar-refractivity contribution is 5.97. The molecule has 2 amide bonds. The zero-order chi connectivity index (χ0) is 30.8. The second kappa shape index (κ2) is 12.4. The standard InChI is InChI=1S/C32H31F6N3O2/c33-31(34,35)25-15-22(16-26(17-25)32(36,37)38)23-14-24(19-39-18-23)27-12-7-13-41(27)30(43)28(20-8-3-1-4-9-20)40-29(42)21-10-5-2-6-11-21/h2,5-6,10-11,14-20,27-28H,1,3-4,7-9,12-13H2,(H,40,42). The molecule has 1 aromatic heterocycles. The van der Waals surface area contributed by atoms with Crippen LogP contribution in [0.25, 0.3) is 11.1 Å². The fraction of sp³-hybridized carbons (Fsp3) is 0.406. The lowest BCUT2D eigenvalue weighted by molar-refractivity contribution is -0.143. The predicted octanol–water partition coefficient (Wildman–Crippen LogP) is 7.83. The average Bonchev–Trinajstić information content (AvgIpc) is 3.49. The Balaban J connectivity index is 1.45. The SMILES string of the molecule is O=C(NC(C(=O)N1CCCC1c1cncc(-c2cc(C(F)(F)F)cc(C(F)(F)F)c2)c1)C1CCCCC1)c1ccccc1. The van der Waals surface area contributed by atoms with E-state index in [1.54, 1.807) is 35.2 Å². The topological polar surface area (TPSA) is 62.3 Å². The van der Waals surface area contributed by atoms with Crippen molar-refractivity contribution in [3.8, 4) is 11.1 Å². The Bertz CT molecular complexity index is 1420. The van der Waals surface area contributed by atoms with Gasteiger partial charge in [-0.05, 0) is 79.1 Å². The van der Waals surface area contributed by atoms with Crippen LogP contribution in [-0.4, -0.2) is 34.3 Å². The van der Waals surface area contributed by atoms with E-state index in [4.69, 9.17) is 0 Å². The molecule has 43 heavy (non-hydrogen) atoms. The third-order valence-corrected chi connectivity index (χ3v) is 8.31. The number of nitrogens with one attached hydrogen (secondary N) is 1. The van der Waals surface area contributed by atoms with E-state index in [1.807, 2.05) is 0 Å². The highest BCUT2D eigenvalue weighted by Gasteiger charge is 2.40. The van der Waals surface area contributed by atoms with Crippen molar-refractivity contribution in [3.05, 3.63) is 89.2 Å². The zero-order valence-electron chi connectivity index (χ0n) is 23.2. The van der Waals surface area contributed by atoms with Gasteiger partial charge < -0.3 is 10.2 Å². The summed E-state index contributed by atoms with van der Waals surface area (Å²) in [6.45, 7) is 0.403. The van der Waals surface area contributed by atoms with E-state index in [9.17, 15) is 35.9 Å². The Morgan fingerprint density at radius 3 is 2.07 bits per heavy atom. The Hall–Kier alpha value is -3.89. The number of aromatic nitrogens is 1. The van der Waals surface area contributed by atoms with Crippen LogP contribution in [0.2, 0.25) is 0 Å². The number of rotatable bonds is 6. The molecule has 2 unspecified atom stereocenters. The maximum Gasteiger partial charge on any atom is 0.416 e. The van der Waals surface area contributed by atoms with Gasteiger partial charge in [-0.1, -0.05) is 37.5 Å². The number of halogens is 6. The summed E-state index contributed by atoms with van der Waals surface area (Å²) in [4.78, 5) is 33.0. The first kappa shape index (κ1) is 30.6. The summed E-state index contributed by atoms with van der Waals surface area (Å²) in [6, 6.07) is 10.3. The summed E-state index contributed by atoms with van der Waals surface area (Å²) in [5.74, 6) is -0.651. The van der Waals surface area contributed by atoms with Crippen molar-refractivity contribution in [1.29, 1.82) is 0 Å². The van der Waals surface area contributed by atoms with Gasteiger partial charge in [-0.15, -0.1) is 0 Å². The summed E-state index contributed by atoms with van der Waals surface area (Å²) in [5.41, 5.74) is -2.08. The molecule has 2 atom stereocenters. The minimum absolute atomic E-state index is 0.0504. The molecule has 1 N–H and O–H groups in total. The Morgan fingerprint density at radius 1 is 0.791 bits per heavy atom. The number of pyridine rings is 1. The van der Waals surface area contributed by atoms with Crippen molar-refractivity contribution < 1.29 is 35.9 Å². The van der Waals surface area contributed by atoms with Gasteiger partial charge in [0.05, 0.1) is 17.2 Å². The maximum atomic E-state index is 14.1. The van der Waals surface area contributed by atoms with Crippen LogP contribution in [0.5, 0.6) is 0 Å². The van der Waals surface area contributed by atoms with Gasteiger partial charge in [0.2, 0.25) is 5.91 Å². The lowest BCUT2D eigenvalue weighted by Crippen LogP contribution is -2.52. The third kappa shape index (κ3) is 7.02. The van der Waals surface area contributed by atoms with E-state index in [1.165, 1.54) is 18.5 Å². The fourth-order valence-corrected chi connectivity index (χ4v) is 6.14. The third-order valence-electron chi connectivity index (χ3n) is 8.31. The summed E-state index contributed by atoms with van der Waals surface area (Å²) in [7, 11) is 0. The van der Waals surface area contributed by atoms with Crippen LogP contribution in [0.3, 0.4) is 0 Å². The Kier molecular flexibility index (Phi) is 8.80. The largest absolute Gasteiger partial charge is 0.416 e. The smallest absolute Gasteiger partial charge is 0.340 e. The predicted molar refractivity (Wildman–Crippen MR) is 148 cm³/mol. The van der Waals surface area contributed by atoms with Gasteiger partial charge >= 0.3 is 12.4 Å². The van der Waals surface area contributed by atoms with Crippen molar-refractivity contribution in [2.75, 3.05) is 6.54 Å². The molecule has 11 heteroatoms. The summed E-state index contributed by atoms with van der Waals surface area (Å²) in [6.07, 6.45) is -1.55. The van der Waals surface area contributed by atoms with Crippen LogP contribution < -0.4 is 5.32 Å². The molecule has 1 aliphatic heterocycles. The van der Waals surface area contributed by atoms with Crippen LogP contribution >= 0.6 is 0 Å². The molecule has 2 fully saturated rings. The number of amides is 2. The summed E-state index contributed by atoms with van der Waals surface area (Å²) < 4.78 is 80.9. The first-order valence-electron chi connectivity index (χ1n) is 14.3. The lowest BCUT2D eigenvalue weighted by Gasteiger charge is -2.35. The minimum Gasteiger partial charge on any atom is -0.340 e. The molecule has 228 valence electrons. The number of carbonyl (C=O) groups is 2. The van der Waals surface area contributed by atoms with Gasteiger partial charge in [0.15, 0.2) is 0 Å². The van der Waals surface area contributed by atoms with Gasteiger partial charge in [-0.3, -0.25) is 14.6 Å². The van der Waals surface area contributed by atoms with Crippen molar-refractivity contribution in [3.63, 3.8) is 0 Å². The number of carbonyl (C=O) groups excluding carboxylic acids is 2. The molecule has 0 radical (unpaired) electrons. The second-order valence-corrected chi connectivity index (χ2v) is 11.2. The molecule has 0 bridgehead atoms. The highest BCUT2D eigenvalue weighted by atomic mass is 19.4. The van der Waals surface area contributed by atoms with Crippen molar-refractivity contribution in [2.24, 2.45) is 5.92 Å². The number of likely N-dealkylation sites (tertiary alicyclic amines) is 1. The van der Waals surface area contributed by atoms with Gasteiger partial charge in [0.1, 0.15) is 6.04 Å². The molecule has 0 spiro atoms. The van der Waals surface area contributed by atoms with Crippen molar-refractivity contribution in [1.82, 2.24) is 15.2 Å². The lowest BCUT2D eigenvalue weighted by atomic mass is 9.83. The van der Waals surface area contributed by atoms with E-state index >= 15 is 0 Å². The molecule has 1 saturated heterocycles. The summed E-state index contributed by atoms with van der Waals surface area (Å²) in [5, 5.41) is 2.97. The van der Waals surface area contributed by atoms with Gasteiger partial charge in [-0.25, -0.2) is 0 Å². The van der Waals surface area contributed by atoms with Crippen molar-refractivity contribution >= 4 is 11.8 Å². The number of nitrogens with zero attached hydrogens (tertiary/aromatic N) is 2. The van der Waals surface area contributed by atoms with E-state index in [0.717, 1.165) is 32.1 Å². The maximum absolute atomic E-state index is 14.1. The molecule has 2 aliphatic rings. The number of hydrogen-bond acceptors (Lipinski definition) is 3. The Morgan fingerprint density at radius 2 is 1.44 bits per heavy atom. The number of alkyl halides is 6. The molecule has 3 aromatic rings. The molecule has 2 heterocycles. The monoisotopic (exact) mass is 603 g/mol. The quantitative estimate of drug-likeness (QED) is 0.292. The van der Waals surface area contributed by atoms with Gasteiger partial charge in [0, 0.05) is 30.1 Å². The van der Waals surface area contributed by atoms with E-state index in [2.05, 4.69) is 10.3 Å². The first-order valence-corrected chi connectivity index (χ1v) is 14.3. The number of hydrogen-bond donors (Lipinski definition) is 1. The molecule has 2 aromatic carbocycles. The second-order valence-electron chi connectivity index (χ2n) is 11.2. The average molecular weight is 604 g/mol. The molecule has 1 aliphatic carbocycles. The number of benzene rings is 2. The van der Waals surface area contributed by atoms with Crippen LogP contribution in [0.4, 0.5) is 26.3 Å². The molecular formula is C32H31F6N3O2. The van der Waals surface area contributed by atoms with Gasteiger partial charge in [0.25, 0.3) is 5.91 Å².